The van der Waals surface area contributed by atoms with Gasteiger partial charge in [-0.05, 0) is 50.6 Å². The Hall–Kier alpha value is -2.33. The lowest BCUT2D eigenvalue weighted by atomic mass is 10.1. The molecule has 0 aliphatic heterocycles. The average molecular weight is 342 g/mol. The normalized spacial score (nSPS) is 11.2. The zero-order valence-corrected chi connectivity index (χ0v) is 15.2. The minimum atomic E-state index is -0.340. The number of hydrogen-bond donors (Lipinski definition) is 0. The van der Waals surface area contributed by atoms with E-state index in [1.54, 1.807) is 24.3 Å². The Bertz CT molecular complexity index is 647. The molecule has 0 saturated carbocycles. The molecule has 0 fully saturated rings. The molecular weight excluding hydrogens is 316 g/mol. The van der Waals surface area contributed by atoms with Crippen LogP contribution in [0.1, 0.15) is 43.1 Å². The zero-order chi connectivity index (χ0) is 18.1. The fraction of sp³-hybridized carbons (Fsp3) is 0.381. The van der Waals surface area contributed by atoms with Gasteiger partial charge in [-0.2, -0.15) is 0 Å². The van der Waals surface area contributed by atoms with Crippen LogP contribution in [0.15, 0.2) is 54.6 Å². The van der Waals surface area contributed by atoms with Crippen LogP contribution in [-0.4, -0.2) is 24.8 Å². The molecule has 134 valence electrons. The molecule has 2 aromatic carbocycles. The number of carbonyl (C=O) groups is 1. The zero-order valence-electron chi connectivity index (χ0n) is 15.2. The number of esters is 1. The quantitative estimate of drug-likeness (QED) is 0.623. The van der Waals surface area contributed by atoms with E-state index in [4.69, 9.17) is 14.2 Å². The summed E-state index contributed by atoms with van der Waals surface area (Å²) in [6.07, 6.45) is 0.793. The third-order valence-electron chi connectivity index (χ3n) is 3.81. The van der Waals surface area contributed by atoms with E-state index in [1.165, 1.54) is 0 Å². The fourth-order valence-electron chi connectivity index (χ4n) is 2.37. The van der Waals surface area contributed by atoms with Crippen molar-refractivity contribution in [1.29, 1.82) is 0 Å². The van der Waals surface area contributed by atoms with Gasteiger partial charge in [0.2, 0.25) is 0 Å². The number of benzene rings is 2. The third-order valence-corrected chi connectivity index (χ3v) is 3.81. The maximum absolute atomic E-state index is 12.1. The van der Waals surface area contributed by atoms with E-state index in [2.05, 4.69) is 0 Å². The van der Waals surface area contributed by atoms with Crippen LogP contribution in [0.4, 0.5) is 0 Å². The summed E-state index contributed by atoms with van der Waals surface area (Å²) in [6, 6.07) is 16.6. The molecule has 4 nitrogen and oxygen atoms in total. The molecule has 2 aromatic rings. The Balaban J connectivity index is 1.79. The molecule has 0 heterocycles. The molecule has 0 bridgehead atoms. The van der Waals surface area contributed by atoms with Gasteiger partial charge in [0.1, 0.15) is 12.4 Å². The summed E-state index contributed by atoms with van der Waals surface area (Å²) >= 11 is 0. The monoisotopic (exact) mass is 342 g/mol. The number of ether oxygens (including phenoxy) is 3. The van der Waals surface area contributed by atoms with Crippen molar-refractivity contribution >= 4 is 5.97 Å². The molecule has 0 saturated heterocycles. The Kier molecular flexibility index (Phi) is 7.02. The molecule has 0 N–H and O–H groups in total. The minimum Gasteiger partial charge on any atom is -0.493 e. The summed E-state index contributed by atoms with van der Waals surface area (Å²) < 4.78 is 16.7. The van der Waals surface area contributed by atoms with Crippen LogP contribution in [0.5, 0.6) is 5.75 Å². The van der Waals surface area contributed by atoms with Gasteiger partial charge in [0.25, 0.3) is 0 Å². The van der Waals surface area contributed by atoms with Gasteiger partial charge in [-0.15, -0.1) is 0 Å². The average Bonchev–Trinajstić information content (AvgIpc) is 2.61. The third kappa shape index (κ3) is 6.59. The Morgan fingerprint density at radius 3 is 2.32 bits per heavy atom. The van der Waals surface area contributed by atoms with E-state index < -0.39 is 0 Å². The molecule has 0 radical (unpaired) electrons. The summed E-state index contributed by atoms with van der Waals surface area (Å²) in [4.78, 5) is 12.1. The highest BCUT2D eigenvalue weighted by Crippen LogP contribution is 2.17. The van der Waals surface area contributed by atoms with Crippen LogP contribution >= 0.6 is 0 Å². The van der Waals surface area contributed by atoms with Crippen LogP contribution in [-0.2, 0) is 16.1 Å². The first-order chi connectivity index (χ1) is 12.0. The van der Waals surface area contributed by atoms with Crippen molar-refractivity contribution in [1.82, 2.24) is 0 Å². The van der Waals surface area contributed by atoms with Crippen LogP contribution in [0.3, 0.4) is 0 Å². The smallest absolute Gasteiger partial charge is 0.338 e. The van der Waals surface area contributed by atoms with Gasteiger partial charge < -0.3 is 14.2 Å². The van der Waals surface area contributed by atoms with Gasteiger partial charge in [0.15, 0.2) is 0 Å². The first-order valence-corrected chi connectivity index (χ1v) is 8.58. The first kappa shape index (κ1) is 19.0. The van der Waals surface area contributed by atoms with Gasteiger partial charge in [0, 0.05) is 13.0 Å². The van der Waals surface area contributed by atoms with Crippen LogP contribution in [0.2, 0.25) is 0 Å². The van der Waals surface area contributed by atoms with Crippen molar-refractivity contribution in [2.24, 2.45) is 0 Å². The highest BCUT2D eigenvalue weighted by molar-refractivity contribution is 5.89. The second-order valence-electron chi connectivity index (χ2n) is 6.38. The predicted octanol–water partition coefficient (Wildman–Crippen LogP) is 4.63. The van der Waals surface area contributed by atoms with E-state index in [-0.39, 0.29) is 18.2 Å². The van der Waals surface area contributed by atoms with Gasteiger partial charge in [-0.3, -0.25) is 0 Å². The molecule has 0 amide bonds. The first-order valence-electron chi connectivity index (χ1n) is 8.58. The lowest BCUT2D eigenvalue weighted by Gasteiger charge is -2.24. The molecule has 25 heavy (non-hydrogen) atoms. The molecule has 0 unspecified atom stereocenters. The van der Waals surface area contributed by atoms with Crippen LogP contribution < -0.4 is 4.74 Å². The maximum Gasteiger partial charge on any atom is 0.338 e. The SMILES string of the molecule is CCOC(C)(C)CCOc1ccc(C(=O)OCc2ccccc2)cc1. The maximum atomic E-state index is 12.1. The van der Waals surface area contributed by atoms with Crippen molar-refractivity contribution in [2.45, 2.75) is 39.4 Å². The highest BCUT2D eigenvalue weighted by Gasteiger charge is 2.17. The van der Waals surface area contributed by atoms with Crippen LogP contribution in [0, 0.1) is 0 Å². The van der Waals surface area contributed by atoms with Crippen molar-refractivity contribution in [2.75, 3.05) is 13.2 Å². The second kappa shape index (κ2) is 9.23. The van der Waals surface area contributed by atoms with Crippen molar-refractivity contribution < 1.29 is 19.0 Å². The molecule has 2 rings (SSSR count). The number of carbonyl (C=O) groups excluding carboxylic acids is 1. The largest absolute Gasteiger partial charge is 0.493 e. The topological polar surface area (TPSA) is 44.8 Å². The van der Waals surface area contributed by atoms with Gasteiger partial charge in [-0.25, -0.2) is 4.79 Å². The summed E-state index contributed by atoms with van der Waals surface area (Å²) in [5.41, 5.74) is 1.28. The molecule has 0 aliphatic rings. The lowest BCUT2D eigenvalue weighted by Crippen LogP contribution is -2.26. The molecule has 0 aromatic heterocycles. The fourth-order valence-corrected chi connectivity index (χ4v) is 2.37. The predicted molar refractivity (Wildman–Crippen MR) is 97.8 cm³/mol. The van der Waals surface area contributed by atoms with E-state index in [9.17, 15) is 4.79 Å². The highest BCUT2D eigenvalue weighted by atomic mass is 16.5. The summed E-state index contributed by atoms with van der Waals surface area (Å²) in [5, 5.41) is 0. The Morgan fingerprint density at radius 1 is 1.00 bits per heavy atom. The van der Waals surface area contributed by atoms with Crippen LogP contribution in [0.25, 0.3) is 0 Å². The molecular formula is C21H26O4. The molecule has 4 heteroatoms. The molecule has 0 spiro atoms. The van der Waals surface area contributed by atoms with E-state index in [1.807, 2.05) is 51.1 Å². The number of hydrogen-bond acceptors (Lipinski definition) is 4. The van der Waals surface area contributed by atoms with Crippen molar-refractivity contribution in [3.8, 4) is 5.75 Å². The number of rotatable bonds is 9. The van der Waals surface area contributed by atoms with Gasteiger partial charge in [0.05, 0.1) is 17.8 Å². The Morgan fingerprint density at radius 2 is 1.68 bits per heavy atom. The van der Waals surface area contributed by atoms with Crippen molar-refractivity contribution in [3.63, 3.8) is 0 Å². The summed E-state index contributed by atoms with van der Waals surface area (Å²) in [5.74, 6) is 0.389. The summed E-state index contributed by atoms with van der Waals surface area (Å²) in [7, 11) is 0. The van der Waals surface area contributed by atoms with Gasteiger partial charge >= 0.3 is 5.97 Å². The standard InChI is InChI=1S/C21H26O4/c1-4-25-21(2,3)14-15-23-19-12-10-18(11-13-19)20(22)24-16-17-8-6-5-7-9-17/h5-13H,4,14-16H2,1-3H3. The van der Waals surface area contributed by atoms with E-state index in [0.717, 1.165) is 17.7 Å². The summed E-state index contributed by atoms with van der Waals surface area (Å²) in [6.45, 7) is 7.59. The van der Waals surface area contributed by atoms with Crippen molar-refractivity contribution in [3.05, 3.63) is 65.7 Å². The second-order valence-corrected chi connectivity index (χ2v) is 6.38. The minimum absolute atomic E-state index is 0.198. The lowest BCUT2D eigenvalue weighted by molar-refractivity contribution is -0.0238. The van der Waals surface area contributed by atoms with E-state index >= 15 is 0 Å². The van der Waals surface area contributed by atoms with E-state index in [0.29, 0.717) is 18.8 Å². The molecule has 0 atom stereocenters. The van der Waals surface area contributed by atoms with Gasteiger partial charge in [-0.1, -0.05) is 30.3 Å². The Labute approximate surface area is 149 Å². The molecule has 0 aliphatic carbocycles.